The summed E-state index contributed by atoms with van der Waals surface area (Å²) in [6.07, 6.45) is 2.83. The van der Waals surface area contributed by atoms with Crippen LogP contribution in [0.25, 0.3) is 0 Å². The minimum absolute atomic E-state index is 0.0446. The Hall–Kier alpha value is -2.58. The number of benzene rings is 2. The summed E-state index contributed by atoms with van der Waals surface area (Å²) in [7, 11) is -3.82. The Kier molecular flexibility index (Phi) is 4.91. The molecule has 0 amide bonds. The highest BCUT2D eigenvalue weighted by atomic mass is 35.5. The van der Waals surface area contributed by atoms with Gasteiger partial charge in [0, 0.05) is 5.02 Å². The lowest BCUT2D eigenvalue weighted by Gasteiger charge is -2.07. The van der Waals surface area contributed by atoms with E-state index in [1.165, 1.54) is 29.2 Å². The molecule has 0 saturated heterocycles. The average Bonchev–Trinajstić information content (AvgIpc) is 3.00. The predicted molar refractivity (Wildman–Crippen MR) is 91.5 cm³/mol. The largest absolute Gasteiger partial charge is 0.471 e. The minimum Gasteiger partial charge on any atom is -0.471 e. The zero-order chi connectivity index (χ0) is 17.9. The lowest BCUT2D eigenvalue weighted by molar-refractivity contribution is 0.221. The molecule has 0 atom stereocenters. The van der Waals surface area contributed by atoms with E-state index >= 15 is 0 Å². The SMILES string of the molecule is O=S(=O)(Nc1cnn(COc2cccc(Cl)c2)c1)c1ccc(F)cc1. The minimum atomic E-state index is -3.82. The van der Waals surface area contributed by atoms with Crippen molar-refractivity contribution in [2.24, 2.45) is 0 Å². The van der Waals surface area contributed by atoms with E-state index < -0.39 is 15.8 Å². The van der Waals surface area contributed by atoms with Gasteiger partial charge in [-0.05, 0) is 42.5 Å². The molecular formula is C16H13ClFN3O3S. The molecule has 0 unspecified atom stereocenters. The number of nitrogens with zero attached hydrogens (tertiary/aromatic N) is 2. The summed E-state index contributed by atoms with van der Waals surface area (Å²) in [6, 6.07) is 11.4. The van der Waals surface area contributed by atoms with Crippen molar-refractivity contribution in [1.82, 2.24) is 9.78 Å². The maximum atomic E-state index is 12.9. The van der Waals surface area contributed by atoms with Crippen molar-refractivity contribution in [3.63, 3.8) is 0 Å². The number of rotatable bonds is 6. The summed E-state index contributed by atoms with van der Waals surface area (Å²) in [5.41, 5.74) is 0.263. The standard InChI is InChI=1S/C16H13ClFN3O3S/c17-12-2-1-3-15(8-12)24-11-21-10-14(9-19-21)20-25(22,23)16-6-4-13(18)5-7-16/h1-10,20H,11H2. The van der Waals surface area contributed by atoms with Crippen LogP contribution in [0.4, 0.5) is 10.1 Å². The number of sulfonamides is 1. The van der Waals surface area contributed by atoms with Gasteiger partial charge in [-0.1, -0.05) is 17.7 Å². The highest BCUT2D eigenvalue weighted by Gasteiger charge is 2.15. The third-order valence-corrected chi connectivity index (χ3v) is 4.80. The number of hydrogen-bond donors (Lipinski definition) is 1. The van der Waals surface area contributed by atoms with Gasteiger partial charge in [-0.25, -0.2) is 17.5 Å². The van der Waals surface area contributed by atoms with E-state index in [4.69, 9.17) is 16.3 Å². The molecule has 2 aromatic carbocycles. The number of aromatic nitrogens is 2. The van der Waals surface area contributed by atoms with Crippen molar-refractivity contribution in [3.8, 4) is 5.75 Å². The van der Waals surface area contributed by atoms with Crippen LogP contribution in [0, 0.1) is 5.82 Å². The van der Waals surface area contributed by atoms with Gasteiger partial charge in [-0.2, -0.15) is 5.10 Å². The van der Waals surface area contributed by atoms with E-state index in [-0.39, 0.29) is 17.3 Å². The molecule has 0 aliphatic heterocycles. The highest BCUT2D eigenvalue weighted by Crippen LogP contribution is 2.18. The summed E-state index contributed by atoms with van der Waals surface area (Å²) >= 11 is 5.87. The van der Waals surface area contributed by atoms with Crippen LogP contribution in [0.15, 0.2) is 65.8 Å². The van der Waals surface area contributed by atoms with Crippen molar-refractivity contribution in [2.75, 3.05) is 4.72 Å². The van der Waals surface area contributed by atoms with E-state index in [0.717, 1.165) is 12.1 Å². The Balaban J connectivity index is 1.66. The zero-order valence-electron chi connectivity index (χ0n) is 12.8. The molecule has 1 N–H and O–H groups in total. The fraction of sp³-hybridized carbons (Fsp3) is 0.0625. The van der Waals surface area contributed by atoms with E-state index in [1.807, 2.05) is 0 Å². The number of halogens is 2. The Morgan fingerprint density at radius 3 is 2.68 bits per heavy atom. The van der Waals surface area contributed by atoms with Crippen molar-refractivity contribution < 1.29 is 17.5 Å². The molecule has 0 aliphatic rings. The Bertz CT molecular complexity index is 974. The Morgan fingerprint density at radius 1 is 1.20 bits per heavy atom. The first-order valence-electron chi connectivity index (χ1n) is 7.12. The van der Waals surface area contributed by atoms with Crippen molar-refractivity contribution in [2.45, 2.75) is 11.6 Å². The van der Waals surface area contributed by atoms with Gasteiger partial charge in [0.2, 0.25) is 0 Å². The fourth-order valence-corrected chi connectivity index (χ4v) is 3.22. The van der Waals surface area contributed by atoms with Gasteiger partial charge in [0.25, 0.3) is 10.0 Å². The van der Waals surface area contributed by atoms with E-state index in [2.05, 4.69) is 9.82 Å². The number of hydrogen-bond acceptors (Lipinski definition) is 4. The van der Waals surface area contributed by atoms with Gasteiger partial charge in [0.05, 0.1) is 23.0 Å². The molecule has 130 valence electrons. The average molecular weight is 382 g/mol. The third-order valence-electron chi connectivity index (χ3n) is 3.17. The normalized spacial score (nSPS) is 11.3. The summed E-state index contributed by atoms with van der Waals surface area (Å²) < 4.78 is 46.7. The fourth-order valence-electron chi connectivity index (χ4n) is 2.01. The highest BCUT2D eigenvalue weighted by molar-refractivity contribution is 7.92. The van der Waals surface area contributed by atoms with E-state index in [9.17, 15) is 12.8 Å². The maximum Gasteiger partial charge on any atom is 0.261 e. The summed E-state index contributed by atoms with van der Waals surface area (Å²) in [5.74, 6) is 0.0568. The van der Waals surface area contributed by atoms with Gasteiger partial charge in [-0.3, -0.25) is 4.72 Å². The summed E-state index contributed by atoms with van der Waals surface area (Å²) in [4.78, 5) is -0.0446. The van der Waals surface area contributed by atoms with Crippen LogP contribution in [0.3, 0.4) is 0 Å². The first-order chi connectivity index (χ1) is 11.9. The molecule has 0 aliphatic carbocycles. The molecule has 0 radical (unpaired) electrons. The van der Waals surface area contributed by atoms with Crippen molar-refractivity contribution in [1.29, 1.82) is 0 Å². The molecule has 1 heterocycles. The zero-order valence-corrected chi connectivity index (χ0v) is 14.3. The Labute approximate surface area is 148 Å². The molecule has 0 saturated carbocycles. The smallest absolute Gasteiger partial charge is 0.261 e. The monoisotopic (exact) mass is 381 g/mol. The second kappa shape index (κ2) is 7.12. The molecule has 0 bridgehead atoms. The van der Waals surface area contributed by atoms with E-state index in [1.54, 1.807) is 24.3 Å². The van der Waals surface area contributed by atoms with Gasteiger partial charge >= 0.3 is 0 Å². The summed E-state index contributed by atoms with van der Waals surface area (Å²) in [6.45, 7) is 0.0820. The predicted octanol–water partition coefficient (Wildman–Crippen LogP) is 3.51. The number of nitrogens with one attached hydrogen (secondary N) is 1. The summed E-state index contributed by atoms with van der Waals surface area (Å²) in [5, 5.41) is 4.56. The third kappa shape index (κ3) is 4.49. The van der Waals surface area contributed by atoms with Crippen LogP contribution >= 0.6 is 11.6 Å². The second-order valence-electron chi connectivity index (χ2n) is 5.06. The van der Waals surface area contributed by atoms with Gasteiger partial charge in [0.1, 0.15) is 11.6 Å². The molecule has 0 fully saturated rings. The molecular weight excluding hydrogens is 369 g/mol. The van der Waals surface area contributed by atoms with Gasteiger partial charge < -0.3 is 4.74 Å². The molecule has 1 aromatic heterocycles. The van der Waals surface area contributed by atoms with Gasteiger partial charge in [-0.15, -0.1) is 0 Å². The lowest BCUT2D eigenvalue weighted by Crippen LogP contribution is -2.12. The first kappa shape index (κ1) is 17.2. The van der Waals surface area contributed by atoms with Crippen LogP contribution in [-0.2, 0) is 16.8 Å². The van der Waals surface area contributed by atoms with Gasteiger partial charge in [0.15, 0.2) is 6.73 Å². The van der Waals surface area contributed by atoms with Crippen molar-refractivity contribution >= 4 is 27.3 Å². The molecule has 3 rings (SSSR count). The second-order valence-corrected chi connectivity index (χ2v) is 7.18. The van der Waals surface area contributed by atoms with Crippen LogP contribution in [0.1, 0.15) is 0 Å². The lowest BCUT2D eigenvalue weighted by atomic mass is 10.3. The quantitative estimate of drug-likeness (QED) is 0.709. The van der Waals surface area contributed by atoms with Crippen LogP contribution in [0.5, 0.6) is 5.75 Å². The van der Waals surface area contributed by atoms with E-state index in [0.29, 0.717) is 10.8 Å². The number of ether oxygens (including phenoxy) is 1. The molecule has 3 aromatic rings. The molecule has 25 heavy (non-hydrogen) atoms. The van der Waals surface area contributed by atoms with Crippen LogP contribution in [0.2, 0.25) is 5.02 Å². The Morgan fingerprint density at radius 2 is 1.96 bits per heavy atom. The van der Waals surface area contributed by atoms with Crippen LogP contribution < -0.4 is 9.46 Å². The number of anilines is 1. The van der Waals surface area contributed by atoms with Crippen molar-refractivity contribution in [3.05, 3.63) is 71.8 Å². The topological polar surface area (TPSA) is 73.2 Å². The molecule has 6 nitrogen and oxygen atoms in total. The maximum absolute atomic E-state index is 12.9. The molecule has 0 spiro atoms. The van der Waals surface area contributed by atoms with Crippen LogP contribution in [-0.4, -0.2) is 18.2 Å². The first-order valence-corrected chi connectivity index (χ1v) is 8.98. The molecule has 9 heteroatoms.